The van der Waals surface area contributed by atoms with Crippen molar-refractivity contribution in [1.82, 2.24) is 5.43 Å². The number of benzene rings is 2. The fourth-order valence-corrected chi connectivity index (χ4v) is 2.13. The number of carbonyl (C=O) groups is 1. The van der Waals surface area contributed by atoms with Gasteiger partial charge in [-0.1, -0.05) is 13.8 Å². The van der Waals surface area contributed by atoms with Crippen LogP contribution in [0.3, 0.4) is 0 Å². The minimum atomic E-state index is -0.359. The van der Waals surface area contributed by atoms with E-state index in [1.54, 1.807) is 13.2 Å². The molecule has 138 valence electrons. The van der Waals surface area contributed by atoms with Gasteiger partial charge in [0.15, 0.2) is 11.5 Å². The van der Waals surface area contributed by atoms with Gasteiger partial charge in [0.2, 0.25) is 0 Å². The molecule has 0 saturated heterocycles. The quantitative estimate of drug-likeness (QED) is 0.559. The van der Waals surface area contributed by atoms with E-state index < -0.39 is 0 Å². The average molecular weight is 356 g/mol. The summed E-state index contributed by atoms with van der Waals surface area (Å²) in [7, 11) is 1.58. The van der Waals surface area contributed by atoms with Crippen LogP contribution in [0.25, 0.3) is 0 Å². The van der Waals surface area contributed by atoms with Crippen molar-refractivity contribution in [3.05, 3.63) is 53.6 Å². The van der Waals surface area contributed by atoms with E-state index in [9.17, 15) is 9.90 Å². The standard InChI is InChI=1S/C20H24N2O4/c1-14(2)10-11-26-18-9-4-15(12-19(18)25-3)13-21-22-20(24)16-5-7-17(23)8-6-16/h4-9,12-14,23H,10-11H2,1-3H3,(H,22,24)/b21-13-. The maximum Gasteiger partial charge on any atom is 0.271 e. The zero-order valence-corrected chi connectivity index (χ0v) is 15.2. The summed E-state index contributed by atoms with van der Waals surface area (Å²) in [5.74, 6) is 1.61. The minimum absolute atomic E-state index is 0.104. The second kappa shape index (κ2) is 9.46. The number of phenolic OH excluding ortho intramolecular Hbond substituents is 1. The first-order chi connectivity index (χ1) is 12.5. The lowest BCUT2D eigenvalue weighted by atomic mass is 10.1. The first kappa shape index (κ1) is 19.3. The summed E-state index contributed by atoms with van der Waals surface area (Å²) in [5.41, 5.74) is 3.62. The van der Waals surface area contributed by atoms with Crippen LogP contribution in [0.2, 0.25) is 0 Å². The summed E-state index contributed by atoms with van der Waals surface area (Å²) in [5, 5.41) is 13.2. The van der Waals surface area contributed by atoms with Gasteiger partial charge in [-0.2, -0.15) is 5.10 Å². The number of ether oxygens (including phenoxy) is 2. The Morgan fingerprint density at radius 3 is 2.58 bits per heavy atom. The largest absolute Gasteiger partial charge is 0.508 e. The molecule has 6 nitrogen and oxygen atoms in total. The molecule has 0 aliphatic heterocycles. The number of hydrazone groups is 1. The molecule has 0 fully saturated rings. The zero-order chi connectivity index (χ0) is 18.9. The molecule has 2 rings (SSSR count). The van der Waals surface area contributed by atoms with Gasteiger partial charge in [0.25, 0.3) is 5.91 Å². The molecule has 0 aromatic heterocycles. The molecule has 2 aromatic rings. The molecule has 2 N–H and O–H groups in total. The molecule has 0 saturated carbocycles. The summed E-state index contributed by atoms with van der Waals surface area (Å²) in [6.45, 7) is 4.92. The molecule has 0 spiro atoms. The van der Waals surface area contributed by atoms with E-state index in [2.05, 4.69) is 24.4 Å². The maximum absolute atomic E-state index is 11.9. The van der Waals surface area contributed by atoms with Crippen molar-refractivity contribution in [1.29, 1.82) is 0 Å². The van der Waals surface area contributed by atoms with Crippen LogP contribution >= 0.6 is 0 Å². The molecule has 0 heterocycles. The predicted molar refractivity (Wildman–Crippen MR) is 101 cm³/mol. The summed E-state index contributed by atoms with van der Waals surface area (Å²) in [4.78, 5) is 11.9. The maximum atomic E-state index is 11.9. The van der Waals surface area contributed by atoms with E-state index in [0.717, 1.165) is 12.0 Å². The first-order valence-electron chi connectivity index (χ1n) is 8.43. The number of carbonyl (C=O) groups excluding carboxylic acids is 1. The molecule has 0 radical (unpaired) electrons. The lowest BCUT2D eigenvalue weighted by molar-refractivity contribution is 0.0955. The molecule has 0 aliphatic rings. The van der Waals surface area contributed by atoms with Crippen molar-refractivity contribution >= 4 is 12.1 Å². The van der Waals surface area contributed by atoms with Crippen molar-refractivity contribution in [2.24, 2.45) is 11.0 Å². The number of nitrogens with one attached hydrogen (secondary N) is 1. The van der Waals surface area contributed by atoms with Gasteiger partial charge in [0.1, 0.15) is 5.75 Å². The van der Waals surface area contributed by atoms with E-state index in [-0.39, 0.29) is 11.7 Å². The normalized spacial score (nSPS) is 10.9. The highest BCUT2D eigenvalue weighted by Gasteiger charge is 2.06. The van der Waals surface area contributed by atoms with E-state index in [1.807, 2.05) is 12.1 Å². The van der Waals surface area contributed by atoms with Gasteiger partial charge < -0.3 is 14.6 Å². The van der Waals surface area contributed by atoms with Crippen molar-refractivity contribution < 1.29 is 19.4 Å². The predicted octanol–water partition coefficient (Wildman–Crippen LogP) is 3.59. The van der Waals surface area contributed by atoms with Gasteiger partial charge in [-0.25, -0.2) is 5.43 Å². The Bertz CT molecular complexity index is 755. The summed E-state index contributed by atoms with van der Waals surface area (Å²) in [6, 6.07) is 11.4. The highest BCUT2D eigenvalue weighted by Crippen LogP contribution is 2.27. The van der Waals surface area contributed by atoms with Crippen LogP contribution in [0.1, 0.15) is 36.2 Å². The molecule has 0 atom stereocenters. The van der Waals surface area contributed by atoms with Crippen LogP contribution < -0.4 is 14.9 Å². The summed E-state index contributed by atoms with van der Waals surface area (Å²) in [6.07, 6.45) is 2.49. The number of nitrogens with zero attached hydrogens (tertiary/aromatic N) is 1. The number of hydrogen-bond acceptors (Lipinski definition) is 5. The molecule has 0 bridgehead atoms. The van der Waals surface area contributed by atoms with E-state index >= 15 is 0 Å². The number of phenols is 1. The Balaban J connectivity index is 1.96. The molecule has 1 amide bonds. The van der Waals surface area contributed by atoms with Crippen LogP contribution in [0.5, 0.6) is 17.2 Å². The van der Waals surface area contributed by atoms with Crippen LogP contribution in [0.15, 0.2) is 47.6 Å². The third kappa shape index (κ3) is 5.81. The Hall–Kier alpha value is -3.02. The highest BCUT2D eigenvalue weighted by atomic mass is 16.5. The van der Waals surface area contributed by atoms with Gasteiger partial charge in [0.05, 0.1) is 19.9 Å². The van der Waals surface area contributed by atoms with Crippen LogP contribution in [-0.2, 0) is 0 Å². The molecule has 6 heteroatoms. The molecular formula is C20H24N2O4. The van der Waals surface area contributed by atoms with Crippen LogP contribution in [0, 0.1) is 5.92 Å². The third-order valence-electron chi connectivity index (χ3n) is 3.65. The second-order valence-corrected chi connectivity index (χ2v) is 6.19. The van der Waals surface area contributed by atoms with Gasteiger partial charge in [-0.05, 0) is 60.4 Å². The fourth-order valence-electron chi connectivity index (χ4n) is 2.13. The molecule has 2 aromatic carbocycles. The number of methoxy groups -OCH3 is 1. The Labute approximate surface area is 153 Å². The number of aromatic hydroxyl groups is 1. The van der Waals surface area contributed by atoms with Crippen molar-refractivity contribution in [3.63, 3.8) is 0 Å². The third-order valence-corrected chi connectivity index (χ3v) is 3.65. The smallest absolute Gasteiger partial charge is 0.271 e. The van der Waals surface area contributed by atoms with E-state index in [4.69, 9.17) is 9.47 Å². The van der Waals surface area contributed by atoms with Crippen molar-refractivity contribution in [2.45, 2.75) is 20.3 Å². The van der Waals surface area contributed by atoms with Crippen molar-refractivity contribution in [3.8, 4) is 17.2 Å². The number of amides is 1. The van der Waals surface area contributed by atoms with E-state index in [0.29, 0.717) is 29.6 Å². The number of rotatable bonds is 8. The molecule has 0 unspecified atom stereocenters. The average Bonchev–Trinajstić information content (AvgIpc) is 2.62. The van der Waals surface area contributed by atoms with Crippen LogP contribution in [0.4, 0.5) is 0 Å². The van der Waals surface area contributed by atoms with Crippen LogP contribution in [-0.4, -0.2) is 30.9 Å². The second-order valence-electron chi connectivity index (χ2n) is 6.19. The SMILES string of the molecule is COc1cc(/C=N\NC(=O)c2ccc(O)cc2)ccc1OCCC(C)C. The molecule has 26 heavy (non-hydrogen) atoms. The lowest BCUT2D eigenvalue weighted by Gasteiger charge is -2.12. The van der Waals surface area contributed by atoms with Crippen molar-refractivity contribution in [2.75, 3.05) is 13.7 Å². The van der Waals surface area contributed by atoms with Gasteiger partial charge >= 0.3 is 0 Å². The van der Waals surface area contributed by atoms with Gasteiger partial charge in [-0.15, -0.1) is 0 Å². The molecular weight excluding hydrogens is 332 g/mol. The zero-order valence-electron chi connectivity index (χ0n) is 15.2. The Morgan fingerprint density at radius 2 is 1.92 bits per heavy atom. The lowest BCUT2D eigenvalue weighted by Crippen LogP contribution is -2.17. The Morgan fingerprint density at radius 1 is 1.19 bits per heavy atom. The highest BCUT2D eigenvalue weighted by molar-refractivity contribution is 5.95. The van der Waals surface area contributed by atoms with Gasteiger partial charge in [-0.3, -0.25) is 4.79 Å². The summed E-state index contributed by atoms with van der Waals surface area (Å²) >= 11 is 0. The Kier molecular flexibility index (Phi) is 7.02. The number of hydrogen-bond donors (Lipinski definition) is 2. The monoisotopic (exact) mass is 356 g/mol. The van der Waals surface area contributed by atoms with Gasteiger partial charge in [0, 0.05) is 5.56 Å². The topological polar surface area (TPSA) is 80.2 Å². The minimum Gasteiger partial charge on any atom is -0.508 e. The molecule has 0 aliphatic carbocycles. The summed E-state index contributed by atoms with van der Waals surface area (Å²) < 4.78 is 11.1. The van der Waals surface area contributed by atoms with E-state index in [1.165, 1.54) is 30.5 Å². The fraction of sp³-hybridized carbons (Fsp3) is 0.300. The first-order valence-corrected chi connectivity index (χ1v) is 8.43.